The number of carbonyl (C=O) groups is 2. The van der Waals surface area contributed by atoms with Gasteiger partial charge in [0.15, 0.2) is 0 Å². The molecule has 3 rings (SSSR count). The topological polar surface area (TPSA) is 108 Å². The van der Waals surface area contributed by atoms with Crippen molar-refractivity contribution in [2.45, 2.75) is 64.1 Å². The number of hydrogen-bond acceptors (Lipinski definition) is 6. The second kappa shape index (κ2) is 14.4. The molecular weight excluding hydrogens is 502 g/mol. The average Bonchev–Trinajstić information content (AvgIpc) is 3.29. The van der Waals surface area contributed by atoms with E-state index in [9.17, 15) is 26.3 Å². The number of rotatable bonds is 6. The number of aliphatic carboxylic acids is 2. The molecule has 3 heterocycles. The van der Waals surface area contributed by atoms with Crippen molar-refractivity contribution in [1.82, 2.24) is 19.6 Å². The average molecular weight is 534 g/mol. The summed E-state index contributed by atoms with van der Waals surface area (Å²) < 4.78 is 71.3. The monoisotopic (exact) mass is 534 g/mol. The van der Waals surface area contributed by atoms with Gasteiger partial charge in [0.2, 0.25) is 0 Å². The van der Waals surface area contributed by atoms with Gasteiger partial charge in [0.1, 0.15) is 0 Å². The van der Waals surface area contributed by atoms with Gasteiger partial charge in [0.25, 0.3) is 0 Å². The van der Waals surface area contributed by atoms with Gasteiger partial charge >= 0.3 is 24.3 Å². The first-order chi connectivity index (χ1) is 16.7. The summed E-state index contributed by atoms with van der Waals surface area (Å²) in [5.41, 5.74) is 1.38. The van der Waals surface area contributed by atoms with Crippen molar-refractivity contribution in [3.63, 3.8) is 0 Å². The van der Waals surface area contributed by atoms with Crippen LogP contribution in [0.1, 0.15) is 44.8 Å². The van der Waals surface area contributed by atoms with Gasteiger partial charge in [-0.3, -0.25) is 9.58 Å². The maximum atomic E-state index is 10.6. The Hall–Kier alpha value is -2.39. The van der Waals surface area contributed by atoms with Crippen LogP contribution >= 0.6 is 0 Å². The highest BCUT2D eigenvalue weighted by molar-refractivity contribution is 5.73. The fourth-order valence-electron chi connectivity index (χ4n) is 3.83. The quantitative estimate of drug-likeness (QED) is 0.535. The zero-order valence-corrected chi connectivity index (χ0v) is 20.1. The number of ether oxygens (including phenoxy) is 1. The van der Waals surface area contributed by atoms with Crippen LogP contribution in [0, 0.1) is 0 Å². The number of fused-ring (bicyclic) bond motifs is 1. The predicted molar refractivity (Wildman–Crippen MR) is 115 cm³/mol. The summed E-state index contributed by atoms with van der Waals surface area (Å²) in [6.45, 7) is 12.0. The van der Waals surface area contributed by atoms with Crippen molar-refractivity contribution in [3.8, 4) is 0 Å². The van der Waals surface area contributed by atoms with Crippen LogP contribution in [-0.4, -0.2) is 99.5 Å². The molecule has 2 aliphatic rings. The van der Waals surface area contributed by atoms with Crippen molar-refractivity contribution in [1.29, 1.82) is 0 Å². The summed E-state index contributed by atoms with van der Waals surface area (Å²) in [7, 11) is 0. The Kier molecular flexibility index (Phi) is 12.6. The highest BCUT2D eigenvalue weighted by Crippen LogP contribution is 2.27. The van der Waals surface area contributed by atoms with E-state index in [1.807, 2.05) is 6.20 Å². The number of hydrogen-bond donors (Lipinski definition) is 2. The van der Waals surface area contributed by atoms with Crippen molar-refractivity contribution < 1.29 is 50.9 Å². The van der Waals surface area contributed by atoms with E-state index in [-0.39, 0.29) is 0 Å². The fourth-order valence-corrected chi connectivity index (χ4v) is 3.83. The first-order valence-electron chi connectivity index (χ1n) is 11.4. The number of nitrogens with zero attached hydrogens (tertiary/aromatic N) is 4. The largest absolute Gasteiger partial charge is 0.490 e. The summed E-state index contributed by atoms with van der Waals surface area (Å²) in [6.07, 6.45) is -4.66. The van der Waals surface area contributed by atoms with Crippen LogP contribution in [0.2, 0.25) is 0 Å². The molecule has 0 amide bonds. The molecule has 0 aliphatic carbocycles. The Morgan fingerprint density at radius 3 is 2.00 bits per heavy atom. The first-order valence-corrected chi connectivity index (χ1v) is 11.4. The first kappa shape index (κ1) is 31.6. The molecule has 0 bridgehead atoms. The van der Waals surface area contributed by atoms with Crippen molar-refractivity contribution in [2.24, 2.45) is 0 Å². The minimum absolute atomic E-state index is 0.516. The third kappa shape index (κ3) is 10.7. The lowest BCUT2D eigenvalue weighted by Gasteiger charge is -2.40. The van der Waals surface area contributed by atoms with Crippen molar-refractivity contribution >= 4 is 11.9 Å². The van der Waals surface area contributed by atoms with Crippen LogP contribution in [0.5, 0.6) is 0 Å². The van der Waals surface area contributed by atoms with E-state index in [1.165, 1.54) is 31.5 Å². The Morgan fingerprint density at radius 1 is 1.06 bits per heavy atom. The second-order valence-electron chi connectivity index (χ2n) is 8.12. The van der Waals surface area contributed by atoms with E-state index in [0.29, 0.717) is 12.1 Å². The number of aromatic nitrogens is 2. The molecule has 1 atom stereocenters. The van der Waals surface area contributed by atoms with Crippen LogP contribution in [0.4, 0.5) is 26.3 Å². The number of alkyl halides is 6. The molecule has 0 saturated carbocycles. The molecular formula is C21H32F6N4O5. The normalized spacial score (nSPS) is 19.0. The minimum atomic E-state index is -5.08. The van der Waals surface area contributed by atoms with Gasteiger partial charge in [0.05, 0.1) is 11.7 Å². The SMILES string of the molecule is CCN(CC)CCC1CN(C2CCOCC2)Cc2ccnn21.O=C(O)C(F)(F)F.O=C(O)C(F)(F)F. The van der Waals surface area contributed by atoms with Gasteiger partial charge in [-0.2, -0.15) is 31.4 Å². The fraction of sp³-hybridized carbons (Fsp3) is 0.762. The Labute approximate surface area is 204 Å². The lowest BCUT2D eigenvalue weighted by molar-refractivity contribution is -0.193. The standard InChI is InChI=1S/C17H30N4O.2C2HF3O2/c1-3-19(4-2)10-6-17-14-20(15-7-11-22-12-8-15)13-16-5-9-18-21(16)17;2*3-2(4,5)1(6)7/h5,9,15,17H,3-4,6-8,10-14H2,1-2H3;2*(H,6,7). The summed E-state index contributed by atoms with van der Waals surface area (Å²) in [5.74, 6) is -5.51. The van der Waals surface area contributed by atoms with E-state index in [1.54, 1.807) is 0 Å². The second-order valence-corrected chi connectivity index (χ2v) is 8.12. The van der Waals surface area contributed by atoms with E-state index < -0.39 is 24.3 Å². The summed E-state index contributed by atoms with van der Waals surface area (Å²) in [4.78, 5) is 23.0. The molecule has 1 aromatic rings. The molecule has 1 fully saturated rings. The lowest BCUT2D eigenvalue weighted by atomic mass is 10.0. The van der Waals surface area contributed by atoms with Crippen LogP contribution in [0.3, 0.4) is 0 Å². The molecule has 1 saturated heterocycles. The molecule has 0 aromatic carbocycles. The van der Waals surface area contributed by atoms with E-state index >= 15 is 0 Å². The molecule has 208 valence electrons. The molecule has 36 heavy (non-hydrogen) atoms. The molecule has 1 unspecified atom stereocenters. The molecule has 1 aromatic heterocycles. The third-order valence-electron chi connectivity index (χ3n) is 5.77. The number of halogens is 6. The zero-order chi connectivity index (χ0) is 27.5. The van der Waals surface area contributed by atoms with E-state index in [0.717, 1.165) is 39.4 Å². The Bertz CT molecular complexity index is 783. The number of carboxylic acid groups (broad SMARTS) is 2. The van der Waals surface area contributed by atoms with Gasteiger partial charge < -0.3 is 19.8 Å². The van der Waals surface area contributed by atoms with Crippen molar-refractivity contribution in [3.05, 3.63) is 18.0 Å². The zero-order valence-electron chi connectivity index (χ0n) is 20.1. The van der Waals surface area contributed by atoms with E-state index in [2.05, 4.69) is 39.5 Å². The van der Waals surface area contributed by atoms with Crippen LogP contribution in [0.15, 0.2) is 12.3 Å². The van der Waals surface area contributed by atoms with Crippen LogP contribution in [-0.2, 0) is 20.9 Å². The smallest absolute Gasteiger partial charge is 0.475 e. The molecule has 9 nitrogen and oxygen atoms in total. The highest BCUT2D eigenvalue weighted by Gasteiger charge is 2.39. The molecule has 0 spiro atoms. The lowest BCUT2D eigenvalue weighted by Crippen LogP contribution is -2.46. The number of carboxylic acids is 2. The van der Waals surface area contributed by atoms with Gasteiger partial charge in [0, 0.05) is 45.1 Å². The van der Waals surface area contributed by atoms with Gasteiger partial charge in [-0.25, -0.2) is 9.59 Å². The molecule has 15 heteroatoms. The van der Waals surface area contributed by atoms with Gasteiger partial charge in [-0.05, 0) is 38.4 Å². The third-order valence-corrected chi connectivity index (χ3v) is 5.77. The van der Waals surface area contributed by atoms with Crippen LogP contribution < -0.4 is 0 Å². The highest BCUT2D eigenvalue weighted by atomic mass is 19.4. The maximum Gasteiger partial charge on any atom is 0.490 e. The predicted octanol–water partition coefficient (Wildman–Crippen LogP) is 3.42. The Balaban J connectivity index is 0.000000383. The summed E-state index contributed by atoms with van der Waals surface area (Å²) in [6, 6.07) is 3.39. The van der Waals surface area contributed by atoms with Gasteiger partial charge in [-0.15, -0.1) is 0 Å². The summed E-state index contributed by atoms with van der Waals surface area (Å²) >= 11 is 0. The maximum absolute atomic E-state index is 10.6. The molecule has 2 aliphatic heterocycles. The van der Waals surface area contributed by atoms with E-state index in [4.69, 9.17) is 24.5 Å². The van der Waals surface area contributed by atoms with Crippen LogP contribution in [0.25, 0.3) is 0 Å². The van der Waals surface area contributed by atoms with Crippen molar-refractivity contribution in [2.75, 3.05) is 39.4 Å². The minimum Gasteiger partial charge on any atom is -0.475 e. The summed E-state index contributed by atoms with van der Waals surface area (Å²) in [5, 5.41) is 18.8. The molecule has 2 N–H and O–H groups in total. The van der Waals surface area contributed by atoms with Gasteiger partial charge in [-0.1, -0.05) is 13.8 Å². The Morgan fingerprint density at radius 2 is 1.56 bits per heavy atom. The molecule has 0 radical (unpaired) electrons.